The van der Waals surface area contributed by atoms with Crippen LogP contribution in [0.1, 0.15) is 55.7 Å². The van der Waals surface area contributed by atoms with Crippen molar-refractivity contribution in [1.29, 1.82) is 0 Å². The van der Waals surface area contributed by atoms with Gasteiger partial charge in [-0.25, -0.2) is 0 Å². The van der Waals surface area contributed by atoms with E-state index < -0.39 is 0 Å². The van der Waals surface area contributed by atoms with E-state index in [9.17, 15) is 0 Å². The molecule has 1 aromatic rings. The number of nitrogens with one attached hydrogen (secondary N) is 1. The van der Waals surface area contributed by atoms with Gasteiger partial charge in [-0.1, -0.05) is 11.6 Å². The van der Waals surface area contributed by atoms with Crippen molar-refractivity contribution in [2.75, 3.05) is 20.1 Å². The molecule has 0 amide bonds. The first-order valence-electron chi connectivity index (χ1n) is 7.46. The van der Waals surface area contributed by atoms with Crippen LogP contribution in [0.25, 0.3) is 0 Å². The molecule has 1 aliphatic heterocycles. The third-order valence-electron chi connectivity index (χ3n) is 4.37. The second kappa shape index (κ2) is 6.53. The molecule has 0 spiro atoms. The van der Waals surface area contributed by atoms with Gasteiger partial charge in [0.2, 0.25) is 0 Å². The minimum atomic E-state index is 0.320. The summed E-state index contributed by atoms with van der Waals surface area (Å²) in [5, 5.41) is 7.63. The van der Waals surface area contributed by atoms with E-state index in [1.807, 2.05) is 13.8 Å². The molecule has 2 atom stereocenters. The molecule has 108 valence electrons. The van der Waals surface area contributed by atoms with Crippen LogP contribution in [0.5, 0.6) is 0 Å². The Bertz CT molecular complexity index is 383. The van der Waals surface area contributed by atoms with E-state index in [0.29, 0.717) is 6.04 Å². The number of hydrogen-bond donors (Lipinski definition) is 1. The van der Waals surface area contributed by atoms with Gasteiger partial charge < -0.3 is 14.7 Å². The molecular formula is C15H27N3O. The van der Waals surface area contributed by atoms with Gasteiger partial charge in [0.05, 0.1) is 5.69 Å². The Labute approximate surface area is 116 Å². The van der Waals surface area contributed by atoms with Crippen molar-refractivity contribution in [2.24, 2.45) is 0 Å². The van der Waals surface area contributed by atoms with Crippen LogP contribution in [0.2, 0.25) is 0 Å². The van der Waals surface area contributed by atoms with Crippen molar-refractivity contribution in [2.45, 2.75) is 58.5 Å². The summed E-state index contributed by atoms with van der Waals surface area (Å²) in [7, 11) is 2.25. The lowest BCUT2D eigenvalue weighted by Gasteiger charge is -2.32. The van der Waals surface area contributed by atoms with Crippen LogP contribution in [0, 0.1) is 13.8 Å². The Morgan fingerprint density at radius 2 is 2.21 bits per heavy atom. The zero-order valence-electron chi connectivity index (χ0n) is 12.7. The fraction of sp³-hybridized carbons (Fsp3) is 0.800. The van der Waals surface area contributed by atoms with Gasteiger partial charge in [-0.2, -0.15) is 0 Å². The van der Waals surface area contributed by atoms with Crippen molar-refractivity contribution in [3.8, 4) is 0 Å². The van der Waals surface area contributed by atoms with Crippen molar-refractivity contribution in [1.82, 2.24) is 15.4 Å². The first-order chi connectivity index (χ1) is 9.09. The van der Waals surface area contributed by atoms with Gasteiger partial charge in [-0.3, -0.25) is 0 Å². The fourth-order valence-corrected chi connectivity index (χ4v) is 3.19. The summed E-state index contributed by atoms with van der Waals surface area (Å²) in [5.41, 5.74) is 2.23. The van der Waals surface area contributed by atoms with Gasteiger partial charge in [0.1, 0.15) is 5.76 Å². The Kier molecular flexibility index (Phi) is 4.99. The van der Waals surface area contributed by atoms with Crippen LogP contribution in [-0.2, 0) is 0 Å². The first-order valence-corrected chi connectivity index (χ1v) is 7.46. The third kappa shape index (κ3) is 3.57. The van der Waals surface area contributed by atoms with E-state index in [4.69, 9.17) is 4.52 Å². The lowest BCUT2D eigenvalue weighted by atomic mass is 10.00. The summed E-state index contributed by atoms with van der Waals surface area (Å²) in [6, 6.07) is 1.07. The number of aryl methyl sites for hydroxylation is 2. The number of likely N-dealkylation sites (tertiary alicyclic amines) is 1. The van der Waals surface area contributed by atoms with Gasteiger partial charge >= 0.3 is 0 Å². The maximum absolute atomic E-state index is 5.23. The summed E-state index contributed by atoms with van der Waals surface area (Å²) >= 11 is 0. The molecule has 0 saturated carbocycles. The minimum absolute atomic E-state index is 0.320. The molecular weight excluding hydrogens is 238 g/mol. The molecule has 0 radical (unpaired) electrons. The molecule has 1 fully saturated rings. The van der Waals surface area contributed by atoms with Gasteiger partial charge in [0, 0.05) is 17.6 Å². The van der Waals surface area contributed by atoms with Crippen LogP contribution in [-0.4, -0.2) is 36.2 Å². The molecule has 1 N–H and O–H groups in total. The summed E-state index contributed by atoms with van der Waals surface area (Å²) in [5.74, 6) is 0.937. The van der Waals surface area contributed by atoms with Crippen LogP contribution < -0.4 is 5.32 Å². The molecule has 4 heteroatoms. The molecule has 4 nitrogen and oxygen atoms in total. The van der Waals surface area contributed by atoms with Gasteiger partial charge in [0.15, 0.2) is 0 Å². The Hall–Kier alpha value is -0.870. The average molecular weight is 265 g/mol. The fourth-order valence-electron chi connectivity index (χ4n) is 3.19. The predicted octanol–water partition coefficient (Wildman–Crippen LogP) is 2.82. The van der Waals surface area contributed by atoms with Gasteiger partial charge in [0.25, 0.3) is 0 Å². The van der Waals surface area contributed by atoms with Gasteiger partial charge in [-0.05, 0) is 60.2 Å². The van der Waals surface area contributed by atoms with E-state index in [-0.39, 0.29) is 0 Å². The molecule has 1 aliphatic rings. The van der Waals surface area contributed by atoms with E-state index in [2.05, 4.69) is 29.3 Å². The zero-order valence-corrected chi connectivity index (χ0v) is 12.7. The second-order valence-electron chi connectivity index (χ2n) is 5.83. The molecule has 2 rings (SSSR count). The lowest BCUT2D eigenvalue weighted by Crippen LogP contribution is -2.38. The van der Waals surface area contributed by atoms with Crippen LogP contribution in [0.4, 0.5) is 0 Å². The molecule has 0 bridgehead atoms. The maximum Gasteiger partial charge on any atom is 0.138 e. The molecule has 2 heterocycles. The Morgan fingerprint density at radius 3 is 2.84 bits per heavy atom. The quantitative estimate of drug-likeness (QED) is 0.889. The molecule has 0 aromatic carbocycles. The summed E-state index contributed by atoms with van der Waals surface area (Å²) in [6.45, 7) is 8.50. The number of piperidine rings is 1. The molecule has 1 aromatic heterocycles. The highest BCUT2D eigenvalue weighted by atomic mass is 16.5. The smallest absolute Gasteiger partial charge is 0.138 e. The second-order valence-corrected chi connectivity index (χ2v) is 5.83. The molecule has 2 unspecified atom stereocenters. The summed E-state index contributed by atoms with van der Waals surface area (Å²) < 4.78 is 5.23. The van der Waals surface area contributed by atoms with E-state index >= 15 is 0 Å². The Balaban J connectivity index is 1.79. The van der Waals surface area contributed by atoms with Crippen LogP contribution in [0.15, 0.2) is 4.52 Å². The molecule has 19 heavy (non-hydrogen) atoms. The maximum atomic E-state index is 5.23. The van der Waals surface area contributed by atoms with Crippen molar-refractivity contribution >= 4 is 0 Å². The van der Waals surface area contributed by atoms with Crippen LogP contribution >= 0.6 is 0 Å². The molecule has 1 saturated heterocycles. The first kappa shape index (κ1) is 14.5. The third-order valence-corrected chi connectivity index (χ3v) is 4.37. The highest BCUT2D eigenvalue weighted by Crippen LogP contribution is 2.21. The van der Waals surface area contributed by atoms with Crippen molar-refractivity contribution in [3.05, 3.63) is 17.0 Å². The summed E-state index contributed by atoms with van der Waals surface area (Å²) in [4.78, 5) is 2.51. The van der Waals surface area contributed by atoms with E-state index in [1.54, 1.807) is 0 Å². The van der Waals surface area contributed by atoms with E-state index in [1.165, 1.54) is 37.8 Å². The lowest BCUT2D eigenvalue weighted by molar-refractivity contribution is 0.174. The van der Waals surface area contributed by atoms with Crippen LogP contribution in [0.3, 0.4) is 0 Å². The van der Waals surface area contributed by atoms with Crippen molar-refractivity contribution in [3.63, 3.8) is 0 Å². The Morgan fingerprint density at radius 1 is 1.42 bits per heavy atom. The van der Waals surface area contributed by atoms with Gasteiger partial charge in [-0.15, -0.1) is 0 Å². The molecule has 0 aliphatic carbocycles. The normalized spacial score (nSPS) is 22.6. The number of aromatic nitrogens is 1. The monoisotopic (exact) mass is 265 g/mol. The zero-order chi connectivity index (χ0) is 13.8. The van der Waals surface area contributed by atoms with E-state index in [0.717, 1.165) is 24.0 Å². The number of hydrogen-bond acceptors (Lipinski definition) is 4. The topological polar surface area (TPSA) is 41.3 Å². The highest BCUT2D eigenvalue weighted by molar-refractivity contribution is 5.24. The predicted molar refractivity (Wildman–Crippen MR) is 77.3 cm³/mol. The highest BCUT2D eigenvalue weighted by Gasteiger charge is 2.20. The SMILES string of the molecule is Cc1noc(C)c1C(C)NCCC1CCCCN1C. The summed E-state index contributed by atoms with van der Waals surface area (Å²) in [6.07, 6.45) is 5.31. The largest absolute Gasteiger partial charge is 0.361 e. The number of nitrogens with zero attached hydrogens (tertiary/aromatic N) is 2. The number of rotatable bonds is 5. The average Bonchev–Trinajstić information content (AvgIpc) is 2.71. The van der Waals surface area contributed by atoms with Crippen molar-refractivity contribution < 1.29 is 4.52 Å². The minimum Gasteiger partial charge on any atom is -0.361 e. The standard InChI is InChI=1S/C15H27N3O/c1-11(15-12(2)17-19-13(15)3)16-9-8-14-7-5-6-10-18(14)4/h11,14,16H,5-10H2,1-4H3.